The predicted molar refractivity (Wildman–Crippen MR) is 110 cm³/mol. The van der Waals surface area contributed by atoms with E-state index in [0.29, 0.717) is 18.8 Å². The van der Waals surface area contributed by atoms with E-state index in [2.05, 4.69) is 21.3 Å². The molecule has 0 N–H and O–H groups in total. The highest BCUT2D eigenvalue weighted by Gasteiger charge is 2.24. The zero-order valence-corrected chi connectivity index (χ0v) is 17.8. The van der Waals surface area contributed by atoms with E-state index in [1.807, 2.05) is 30.7 Å². The maximum absolute atomic E-state index is 12.5. The minimum atomic E-state index is -0.0520. The summed E-state index contributed by atoms with van der Waals surface area (Å²) in [4.78, 5) is 16.6. The Hall–Kier alpha value is -2.61. The average Bonchev–Trinajstić information content (AvgIpc) is 3.25. The minimum Gasteiger partial charge on any atom is -0.493 e. The summed E-state index contributed by atoms with van der Waals surface area (Å²) in [6, 6.07) is 6.25. The lowest BCUT2D eigenvalue weighted by Crippen LogP contribution is -2.34. The number of ether oxygens (including phenoxy) is 2. The van der Waals surface area contributed by atoms with Crippen molar-refractivity contribution in [3.63, 3.8) is 0 Å². The molecule has 0 spiro atoms. The van der Waals surface area contributed by atoms with Gasteiger partial charge in [0.15, 0.2) is 17.2 Å². The van der Waals surface area contributed by atoms with E-state index in [-0.39, 0.29) is 11.9 Å². The van der Waals surface area contributed by atoms with Crippen molar-refractivity contribution in [1.29, 1.82) is 0 Å². The number of carbonyl (C=O) groups is 1. The molecule has 1 aliphatic rings. The number of likely N-dealkylation sites (tertiary alicyclic amines) is 1. The number of nitrogens with zero attached hydrogens (tertiary/aromatic N) is 5. The van der Waals surface area contributed by atoms with Crippen molar-refractivity contribution >= 4 is 5.91 Å². The zero-order chi connectivity index (χ0) is 20.8. The smallest absolute Gasteiger partial charge is 0.276 e. The van der Waals surface area contributed by atoms with Crippen LogP contribution in [0.1, 0.15) is 48.8 Å². The first-order valence-corrected chi connectivity index (χ1v) is 10.2. The van der Waals surface area contributed by atoms with Gasteiger partial charge in [-0.15, -0.1) is 5.10 Å². The molecule has 8 nitrogen and oxygen atoms in total. The highest BCUT2D eigenvalue weighted by Crippen LogP contribution is 2.32. The Morgan fingerprint density at radius 1 is 1.17 bits per heavy atom. The number of hydrogen-bond donors (Lipinski definition) is 0. The van der Waals surface area contributed by atoms with Crippen LogP contribution in [0.25, 0.3) is 0 Å². The fraction of sp³-hybridized carbons (Fsp3) is 0.571. The molecule has 8 heteroatoms. The van der Waals surface area contributed by atoms with Gasteiger partial charge in [-0.05, 0) is 32.8 Å². The molecule has 2 aromatic rings. The molecule has 1 aliphatic heterocycles. The van der Waals surface area contributed by atoms with Gasteiger partial charge in [0.1, 0.15) is 0 Å². The molecular weight excluding hydrogens is 370 g/mol. The van der Waals surface area contributed by atoms with Crippen LogP contribution in [0.5, 0.6) is 11.5 Å². The Morgan fingerprint density at radius 2 is 1.90 bits per heavy atom. The van der Waals surface area contributed by atoms with Gasteiger partial charge in [-0.2, -0.15) is 0 Å². The van der Waals surface area contributed by atoms with Crippen LogP contribution in [-0.4, -0.2) is 71.1 Å². The van der Waals surface area contributed by atoms with E-state index >= 15 is 0 Å². The topological polar surface area (TPSA) is 72.7 Å². The van der Waals surface area contributed by atoms with Crippen molar-refractivity contribution < 1.29 is 14.3 Å². The molecule has 0 bridgehead atoms. The van der Waals surface area contributed by atoms with E-state index in [1.54, 1.807) is 25.3 Å². The fourth-order valence-corrected chi connectivity index (χ4v) is 3.89. The number of rotatable bonds is 8. The standard InChI is InChI=1S/C21H31N5O3/c1-5-25(6-2)21(27)18-15-26(23-22-18)17-10-12-24(13-11-17)14-16-8-7-9-19(28-3)20(16)29-4/h7-9,15,17H,5-6,10-14H2,1-4H3. The molecule has 0 unspecified atom stereocenters. The molecule has 1 aromatic heterocycles. The maximum Gasteiger partial charge on any atom is 0.276 e. The first-order valence-electron chi connectivity index (χ1n) is 10.2. The second kappa shape index (κ2) is 9.73. The molecule has 1 fully saturated rings. The summed E-state index contributed by atoms with van der Waals surface area (Å²) >= 11 is 0. The summed E-state index contributed by atoms with van der Waals surface area (Å²) in [5, 5.41) is 8.35. The second-order valence-electron chi connectivity index (χ2n) is 7.22. The Morgan fingerprint density at radius 3 is 2.52 bits per heavy atom. The lowest BCUT2D eigenvalue weighted by atomic mass is 10.0. The van der Waals surface area contributed by atoms with Crippen LogP contribution < -0.4 is 9.47 Å². The maximum atomic E-state index is 12.5. The molecule has 158 valence electrons. The summed E-state index contributed by atoms with van der Waals surface area (Å²) in [5.41, 5.74) is 1.55. The highest BCUT2D eigenvalue weighted by molar-refractivity contribution is 5.91. The lowest BCUT2D eigenvalue weighted by Gasteiger charge is -2.32. The number of amides is 1. The third kappa shape index (κ3) is 4.70. The number of carbonyl (C=O) groups excluding carboxylic acids is 1. The quantitative estimate of drug-likeness (QED) is 0.677. The first kappa shape index (κ1) is 21.1. The van der Waals surface area contributed by atoms with E-state index in [4.69, 9.17) is 9.47 Å². The molecule has 0 aliphatic carbocycles. The van der Waals surface area contributed by atoms with Gasteiger partial charge in [-0.1, -0.05) is 17.3 Å². The molecule has 1 aromatic carbocycles. The Bertz CT molecular complexity index is 810. The van der Waals surface area contributed by atoms with Crippen molar-refractivity contribution in [1.82, 2.24) is 24.8 Å². The highest BCUT2D eigenvalue weighted by atomic mass is 16.5. The van der Waals surface area contributed by atoms with Gasteiger partial charge in [0, 0.05) is 38.3 Å². The van der Waals surface area contributed by atoms with Crippen LogP contribution in [0.15, 0.2) is 24.4 Å². The monoisotopic (exact) mass is 401 g/mol. The number of para-hydroxylation sites is 1. The van der Waals surface area contributed by atoms with Crippen LogP contribution in [-0.2, 0) is 6.54 Å². The summed E-state index contributed by atoms with van der Waals surface area (Å²) in [6.07, 6.45) is 3.73. The number of aromatic nitrogens is 3. The molecule has 0 saturated carbocycles. The predicted octanol–water partition coefficient (Wildman–Crippen LogP) is 2.61. The first-order chi connectivity index (χ1) is 14.1. The van der Waals surface area contributed by atoms with Gasteiger partial charge < -0.3 is 14.4 Å². The van der Waals surface area contributed by atoms with Crippen molar-refractivity contribution in [3.05, 3.63) is 35.7 Å². The number of hydrogen-bond acceptors (Lipinski definition) is 6. The molecule has 3 rings (SSSR count). The number of benzene rings is 1. The number of methoxy groups -OCH3 is 2. The van der Waals surface area contributed by atoms with Crippen molar-refractivity contribution in [2.75, 3.05) is 40.4 Å². The molecule has 1 amide bonds. The Labute approximate surface area is 172 Å². The van der Waals surface area contributed by atoms with E-state index in [9.17, 15) is 4.79 Å². The third-order valence-corrected chi connectivity index (χ3v) is 5.59. The second-order valence-corrected chi connectivity index (χ2v) is 7.22. The van der Waals surface area contributed by atoms with Gasteiger partial charge >= 0.3 is 0 Å². The summed E-state index contributed by atoms with van der Waals surface area (Å²) < 4.78 is 12.8. The average molecular weight is 402 g/mol. The van der Waals surface area contributed by atoms with E-state index in [0.717, 1.165) is 49.5 Å². The summed E-state index contributed by atoms with van der Waals surface area (Å²) in [7, 11) is 3.33. The van der Waals surface area contributed by atoms with E-state index < -0.39 is 0 Å². The molecule has 0 radical (unpaired) electrons. The summed E-state index contributed by atoms with van der Waals surface area (Å²) in [6.45, 7) is 8.00. The number of piperidine rings is 1. The third-order valence-electron chi connectivity index (χ3n) is 5.59. The summed E-state index contributed by atoms with van der Waals surface area (Å²) in [5.74, 6) is 1.50. The van der Waals surface area contributed by atoms with Gasteiger partial charge in [0.2, 0.25) is 0 Å². The van der Waals surface area contributed by atoms with Crippen molar-refractivity contribution in [3.8, 4) is 11.5 Å². The molecule has 29 heavy (non-hydrogen) atoms. The van der Waals surface area contributed by atoms with Crippen molar-refractivity contribution in [2.24, 2.45) is 0 Å². The Balaban J connectivity index is 1.60. The van der Waals surface area contributed by atoms with Gasteiger partial charge in [0.05, 0.1) is 26.5 Å². The van der Waals surface area contributed by atoms with Gasteiger partial charge in [0.25, 0.3) is 5.91 Å². The van der Waals surface area contributed by atoms with Crippen LogP contribution in [0.3, 0.4) is 0 Å². The fourth-order valence-electron chi connectivity index (χ4n) is 3.89. The van der Waals surface area contributed by atoms with Crippen molar-refractivity contribution in [2.45, 2.75) is 39.3 Å². The van der Waals surface area contributed by atoms with E-state index in [1.165, 1.54) is 0 Å². The van der Waals surface area contributed by atoms with Crippen LogP contribution in [0.4, 0.5) is 0 Å². The molecule has 2 heterocycles. The molecule has 0 atom stereocenters. The van der Waals surface area contributed by atoms with Crippen LogP contribution in [0.2, 0.25) is 0 Å². The SMILES string of the molecule is CCN(CC)C(=O)c1cn(C2CCN(Cc3cccc(OC)c3OC)CC2)nn1. The molecular formula is C21H31N5O3. The lowest BCUT2D eigenvalue weighted by molar-refractivity contribution is 0.0767. The zero-order valence-electron chi connectivity index (χ0n) is 17.8. The van der Waals surface area contributed by atoms with Gasteiger partial charge in [-0.3, -0.25) is 9.69 Å². The largest absolute Gasteiger partial charge is 0.493 e. The normalized spacial score (nSPS) is 15.3. The Kier molecular flexibility index (Phi) is 7.09. The van der Waals surface area contributed by atoms with Crippen LogP contribution in [0, 0.1) is 0 Å². The van der Waals surface area contributed by atoms with Crippen LogP contribution >= 0.6 is 0 Å². The molecule has 1 saturated heterocycles. The van der Waals surface area contributed by atoms with Gasteiger partial charge in [-0.25, -0.2) is 4.68 Å². The minimum absolute atomic E-state index is 0.0520.